The number of rotatable bonds is 18. The van der Waals surface area contributed by atoms with Crippen molar-refractivity contribution in [3.05, 3.63) is 0 Å². The highest BCUT2D eigenvalue weighted by Crippen LogP contribution is 2.13. The summed E-state index contributed by atoms with van der Waals surface area (Å²) in [4.78, 5) is 2.30. The molecule has 0 aliphatic heterocycles. The van der Waals surface area contributed by atoms with Gasteiger partial charge in [0.25, 0.3) is 0 Å². The normalized spacial score (nSPS) is 10.5. The summed E-state index contributed by atoms with van der Waals surface area (Å²) in [5.74, 6) is 0. The Hall–Kier alpha value is 0.467. The van der Waals surface area contributed by atoms with Gasteiger partial charge in [0, 0.05) is 10.2 Å². The fourth-order valence-electron chi connectivity index (χ4n) is 2.98. The van der Waals surface area contributed by atoms with Crippen LogP contribution in [0.4, 0.5) is 0 Å². The molecule has 0 saturated heterocycles. The van der Waals surface area contributed by atoms with Crippen LogP contribution in [-0.2, 0) is 0 Å². The Balaban J connectivity index is -0.000000951. The molecular weight excluding hydrogens is 354 g/mol. The third-order valence-electron chi connectivity index (χ3n) is 4.96. The van der Waals surface area contributed by atoms with Crippen LogP contribution < -0.4 is 0 Å². The SMILES string of the molecule is CCCCCCCCCCCCCCCCCCN(C)C.CCC[SiH3].Cl. The molecule has 0 spiro atoms. The van der Waals surface area contributed by atoms with Gasteiger partial charge in [0.2, 0.25) is 0 Å². The number of hydrogen-bond donors (Lipinski definition) is 0. The highest BCUT2D eigenvalue weighted by molar-refractivity contribution is 6.08. The molecule has 0 radical (unpaired) electrons. The molecule has 0 saturated carbocycles. The number of nitrogens with zero attached hydrogens (tertiary/aromatic N) is 1. The molecule has 3 heteroatoms. The maximum atomic E-state index is 2.30. The number of unbranched alkanes of at least 4 members (excludes halogenated alkanes) is 15. The van der Waals surface area contributed by atoms with Crippen molar-refractivity contribution in [2.75, 3.05) is 20.6 Å². The largest absolute Gasteiger partial charge is 0.309 e. The zero-order valence-corrected chi connectivity index (χ0v) is 22.1. The van der Waals surface area contributed by atoms with E-state index in [-0.39, 0.29) is 12.4 Å². The predicted molar refractivity (Wildman–Crippen MR) is 130 cm³/mol. The van der Waals surface area contributed by atoms with Crippen molar-refractivity contribution < 1.29 is 0 Å². The molecule has 0 heterocycles. The van der Waals surface area contributed by atoms with Crippen molar-refractivity contribution in [2.45, 2.75) is 129 Å². The van der Waals surface area contributed by atoms with Gasteiger partial charge in [0.05, 0.1) is 0 Å². The summed E-state index contributed by atoms with van der Waals surface area (Å²) in [6.07, 6.45) is 24.7. The van der Waals surface area contributed by atoms with E-state index in [9.17, 15) is 0 Å². The fourth-order valence-corrected chi connectivity index (χ4v) is 2.98. The van der Waals surface area contributed by atoms with Gasteiger partial charge in [0.1, 0.15) is 0 Å². The van der Waals surface area contributed by atoms with Gasteiger partial charge in [-0.05, 0) is 27.1 Å². The van der Waals surface area contributed by atoms with Gasteiger partial charge in [0.15, 0.2) is 0 Å². The van der Waals surface area contributed by atoms with Crippen LogP contribution in [0.25, 0.3) is 0 Å². The van der Waals surface area contributed by atoms with E-state index < -0.39 is 0 Å². The topological polar surface area (TPSA) is 3.24 Å². The third-order valence-corrected chi connectivity index (χ3v) is 5.96. The van der Waals surface area contributed by atoms with Crippen molar-refractivity contribution >= 4 is 22.6 Å². The Labute approximate surface area is 177 Å². The third kappa shape index (κ3) is 35.6. The summed E-state index contributed by atoms with van der Waals surface area (Å²) in [5, 5.41) is 0. The maximum Gasteiger partial charge on any atom is 0.00278 e. The van der Waals surface area contributed by atoms with Gasteiger partial charge in [-0.2, -0.15) is 0 Å². The number of hydrogen-bond acceptors (Lipinski definition) is 1. The second-order valence-corrected chi connectivity index (χ2v) is 9.11. The molecule has 0 unspecified atom stereocenters. The summed E-state index contributed by atoms with van der Waals surface area (Å²) in [6.45, 7) is 5.77. The van der Waals surface area contributed by atoms with E-state index in [0.717, 1.165) is 0 Å². The average molecular weight is 408 g/mol. The van der Waals surface area contributed by atoms with E-state index in [4.69, 9.17) is 0 Å². The van der Waals surface area contributed by atoms with Crippen LogP contribution in [0.3, 0.4) is 0 Å². The van der Waals surface area contributed by atoms with E-state index in [1.54, 1.807) is 0 Å². The van der Waals surface area contributed by atoms with E-state index in [1.807, 2.05) is 0 Å². The lowest BCUT2D eigenvalue weighted by atomic mass is 10.0. The first kappa shape index (κ1) is 31.2. The van der Waals surface area contributed by atoms with Crippen LogP contribution >= 0.6 is 12.4 Å². The molecule has 0 N–H and O–H groups in total. The second kappa shape index (κ2) is 30.2. The summed E-state index contributed by atoms with van der Waals surface area (Å²) >= 11 is 0. The molecule has 0 amide bonds. The quantitative estimate of drug-likeness (QED) is 0.169. The Morgan fingerprint density at radius 3 is 1.00 bits per heavy atom. The fraction of sp³-hybridized carbons (Fsp3) is 1.00. The molecule has 0 atom stereocenters. The first-order valence-electron chi connectivity index (χ1n) is 11.8. The second-order valence-electron chi connectivity index (χ2n) is 8.11. The first-order valence-corrected chi connectivity index (χ1v) is 13.2. The molecule has 0 aliphatic rings. The lowest BCUT2D eigenvalue weighted by Crippen LogP contribution is -2.12. The van der Waals surface area contributed by atoms with E-state index >= 15 is 0 Å². The minimum Gasteiger partial charge on any atom is -0.309 e. The van der Waals surface area contributed by atoms with Crippen LogP contribution in [0.1, 0.15) is 123 Å². The molecule has 0 aromatic heterocycles. The molecule has 0 aliphatic carbocycles. The van der Waals surface area contributed by atoms with Crippen LogP contribution in [0.5, 0.6) is 0 Å². The molecule has 1 nitrogen and oxygen atoms in total. The summed E-state index contributed by atoms with van der Waals surface area (Å²) < 4.78 is 0. The molecule has 0 fully saturated rings. The molecule has 162 valence electrons. The van der Waals surface area contributed by atoms with E-state index in [0.29, 0.717) is 0 Å². The van der Waals surface area contributed by atoms with Gasteiger partial charge >= 0.3 is 0 Å². The van der Waals surface area contributed by atoms with Crippen LogP contribution in [0, 0.1) is 0 Å². The van der Waals surface area contributed by atoms with E-state index in [2.05, 4.69) is 32.8 Å². The monoisotopic (exact) mass is 407 g/mol. The van der Waals surface area contributed by atoms with Gasteiger partial charge < -0.3 is 4.90 Å². The van der Waals surface area contributed by atoms with Crippen molar-refractivity contribution in [3.63, 3.8) is 0 Å². The Kier molecular flexibility index (Phi) is 36.2. The smallest absolute Gasteiger partial charge is 0.00278 e. The Morgan fingerprint density at radius 2 is 0.769 bits per heavy atom. The van der Waals surface area contributed by atoms with Gasteiger partial charge in [-0.25, -0.2) is 0 Å². The zero-order chi connectivity index (χ0) is 19.0. The molecule has 26 heavy (non-hydrogen) atoms. The van der Waals surface area contributed by atoms with Crippen molar-refractivity contribution in [2.24, 2.45) is 0 Å². The molecule has 0 bridgehead atoms. The lowest BCUT2D eigenvalue weighted by Gasteiger charge is -2.08. The van der Waals surface area contributed by atoms with Crippen molar-refractivity contribution in [3.8, 4) is 0 Å². The lowest BCUT2D eigenvalue weighted by molar-refractivity contribution is 0.389. The van der Waals surface area contributed by atoms with Crippen molar-refractivity contribution in [1.82, 2.24) is 4.90 Å². The minimum atomic E-state index is 0. The zero-order valence-electron chi connectivity index (χ0n) is 19.3. The Morgan fingerprint density at radius 1 is 0.500 bits per heavy atom. The van der Waals surface area contributed by atoms with Gasteiger partial charge in [-0.15, -0.1) is 12.4 Å². The maximum absolute atomic E-state index is 2.30. The van der Waals surface area contributed by atoms with Crippen LogP contribution in [-0.4, -0.2) is 35.8 Å². The first-order chi connectivity index (χ1) is 12.2. The van der Waals surface area contributed by atoms with Crippen molar-refractivity contribution in [1.29, 1.82) is 0 Å². The average Bonchev–Trinajstić information content (AvgIpc) is 2.61. The summed E-state index contributed by atoms with van der Waals surface area (Å²) in [5.41, 5.74) is 0. The summed E-state index contributed by atoms with van der Waals surface area (Å²) in [7, 11) is 5.73. The highest BCUT2D eigenvalue weighted by atomic mass is 35.5. The number of halogens is 1. The predicted octanol–water partition coefficient (Wildman–Crippen LogP) is 7.41. The van der Waals surface area contributed by atoms with Gasteiger partial charge in [-0.1, -0.05) is 123 Å². The molecular formula is C23H54ClNSi. The standard InChI is InChI=1S/C20H43N.C3H10Si.ClH/c1-4-5-6-7-8-9-10-11-12-13-14-15-16-17-18-19-20-21(2)3;1-2-3-4;/h4-20H2,1-3H3;2-3H2,1,4H3;1H. The van der Waals surface area contributed by atoms with E-state index in [1.165, 1.54) is 132 Å². The van der Waals surface area contributed by atoms with Crippen LogP contribution in [0.15, 0.2) is 0 Å². The van der Waals surface area contributed by atoms with Gasteiger partial charge in [-0.3, -0.25) is 0 Å². The summed E-state index contributed by atoms with van der Waals surface area (Å²) in [6, 6.07) is 1.46. The molecule has 0 aromatic rings. The molecule has 0 aromatic carbocycles. The highest BCUT2D eigenvalue weighted by Gasteiger charge is 1.95. The minimum absolute atomic E-state index is 0. The Bertz CT molecular complexity index is 210. The van der Waals surface area contributed by atoms with Crippen LogP contribution in [0.2, 0.25) is 6.04 Å². The molecule has 0 rings (SSSR count).